The molecule has 76 valence electrons. The first-order chi connectivity index (χ1) is 6.29. The number of hydrogen-bond donors (Lipinski definition) is 1. The molecule has 1 nitrogen and oxygen atoms in total. The molecule has 1 heterocycles. The molecule has 1 saturated heterocycles. The number of hydrogen-bond acceptors (Lipinski definition) is 2. The zero-order valence-electron chi connectivity index (χ0n) is 8.43. The Kier molecular flexibility index (Phi) is 3.20. The standard InChI is InChI=1S/C11H21NS/c12-11(5-2-1-3-6-11)8-10-4-7-13-9-10/h10H,1-9,12H2. The van der Waals surface area contributed by atoms with Gasteiger partial charge in [0.2, 0.25) is 0 Å². The van der Waals surface area contributed by atoms with Gasteiger partial charge >= 0.3 is 0 Å². The lowest BCUT2D eigenvalue weighted by Gasteiger charge is -2.35. The lowest BCUT2D eigenvalue weighted by atomic mass is 9.76. The Labute approximate surface area is 85.8 Å². The molecule has 0 spiro atoms. The molecule has 0 aromatic carbocycles. The van der Waals surface area contributed by atoms with Crippen LogP contribution in [0.3, 0.4) is 0 Å². The summed E-state index contributed by atoms with van der Waals surface area (Å²) in [6.07, 6.45) is 9.46. The van der Waals surface area contributed by atoms with Crippen LogP contribution in [0, 0.1) is 5.92 Å². The van der Waals surface area contributed by atoms with Crippen LogP contribution in [0.4, 0.5) is 0 Å². The molecule has 0 aromatic rings. The van der Waals surface area contributed by atoms with Crippen molar-refractivity contribution in [2.45, 2.75) is 50.5 Å². The van der Waals surface area contributed by atoms with Gasteiger partial charge < -0.3 is 5.73 Å². The Morgan fingerprint density at radius 1 is 1.23 bits per heavy atom. The van der Waals surface area contributed by atoms with E-state index in [-0.39, 0.29) is 5.54 Å². The van der Waals surface area contributed by atoms with E-state index in [9.17, 15) is 0 Å². The van der Waals surface area contributed by atoms with Crippen molar-refractivity contribution in [1.82, 2.24) is 0 Å². The molecule has 1 unspecified atom stereocenters. The van der Waals surface area contributed by atoms with Gasteiger partial charge in [0.25, 0.3) is 0 Å². The number of thioether (sulfide) groups is 1. The van der Waals surface area contributed by atoms with E-state index in [0.29, 0.717) is 0 Å². The van der Waals surface area contributed by atoms with Crippen molar-refractivity contribution in [3.05, 3.63) is 0 Å². The lowest BCUT2D eigenvalue weighted by molar-refractivity contribution is 0.245. The van der Waals surface area contributed by atoms with Crippen molar-refractivity contribution in [2.24, 2.45) is 11.7 Å². The molecule has 0 amide bonds. The molecular formula is C11H21NS. The Balaban J connectivity index is 1.83. The molecule has 0 aromatic heterocycles. The second-order valence-electron chi connectivity index (χ2n) is 4.86. The van der Waals surface area contributed by atoms with E-state index in [1.54, 1.807) is 0 Å². The fourth-order valence-corrected chi connectivity index (χ4v) is 4.06. The molecule has 2 N–H and O–H groups in total. The second-order valence-corrected chi connectivity index (χ2v) is 6.01. The van der Waals surface area contributed by atoms with Gasteiger partial charge in [0.15, 0.2) is 0 Å². The minimum absolute atomic E-state index is 0.230. The van der Waals surface area contributed by atoms with E-state index < -0.39 is 0 Å². The summed E-state index contributed by atoms with van der Waals surface area (Å²) in [4.78, 5) is 0. The first kappa shape index (κ1) is 9.85. The maximum atomic E-state index is 6.43. The minimum Gasteiger partial charge on any atom is -0.325 e. The van der Waals surface area contributed by atoms with Crippen molar-refractivity contribution >= 4 is 11.8 Å². The summed E-state index contributed by atoms with van der Waals surface area (Å²) in [7, 11) is 0. The van der Waals surface area contributed by atoms with Gasteiger partial charge in [-0.05, 0) is 43.1 Å². The van der Waals surface area contributed by atoms with E-state index in [1.165, 1.54) is 56.5 Å². The third-order valence-corrected chi connectivity index (χ3v) is 4.80. The third kappa shape index (κ3) is 2.63. The summed E-state index contributed by atoms with van der Waals surface area (Å²) < 4.78 is 0. The maximum Gasteiger partial charge on any atom is 0.0157 e. The Bertz CT molecular complexity index is 157. The first-order valence-corrected chi connectivity index (χ1v) is 6.81. The first-order valence-electron chi connectivity index (χ1n) is 5.65. The zero-order chi connectivity index (χ0) is 9.15. The monoisotopic (exact) mass is 199 g/mol. The van der Waals surface area contributed by atoms with Crippen LogP contribution >= 0.6 is 11.8 Å². The molecule has 1 atom stereocenters. The normalized spacial score (nSPS) is 33.5. The molecule has 1 saturated carbocycles. The summed E-state index contributed by atoms with van der Waals surface area (Å²) in [5.74, 6) is 3.69. The molecule has 13 heavy (non-hydrogen) atoms. The van der Waals surface area contributed by atoms with Crippen LogP contribution in [0.1, 0.15) is 44.9 Å². The van der Waals surface area contributed by atoms with Gasteiger partial charge in [0.1, 0.15) is 0 Å². The smallest absolute Gasteiger partial charge is 0.0157 e. The van der Waals surface area contributed by atoms with Crippen LogP contribution in [0.15, 0.2) is 0 Å². The quantitative estimate of drug-likeness (QED) is 0.740. The van der Waals surface area contributed by atoms with Gasteiger partial charge in [-0.25, -0.2) is 0 Å². The van der Waals surface area contributed by atoms with Gasteiger partial charge in [-0.15, -0.1) is 0 Å². The van der Waals surface area contributed by atoms with Crippen LogP contribution in [-0.2, 0) is 0 Å². The van der Waals surface area contributed by atoms with Gasteiger partial charge in [0, 0.05) is 5.54 Å². The van der Waals surface area contributed by atoms with E-state index in [2.05, 4.69) is 11.8 Å². The van der Waals surface area contributed by atoms with Crippen LogP contribution in [0.25, 0.3) is 0 Å². The average molecular weight is 199 g/mol. The van der Waals surface area contributed by atoms with Crippen LogP contribution in [0.2, 0.25) is 0 Å². The molecule has 2 fully saturated rings. The van der Waals surface area contributed by atoms with E-state index in [4.69, 9.17) is 5.73 Å². The van der Waals surface area contributed by atoms with E-state index in [0.717, 1.165) is 5.92 Å². The number of nitrogens with two attached hydrogens (primary N) is 1. The summed E-state index contributed by atoms with van der Waals surface area (Å²) in [5, 5.41) is 0. The highest BCUT2D eigenvalue weighted by Gasteiger charge is 2.31. The fourth-order valence-electron chi connectivity index (χ4n) is 2.78. The topological polar surface area (TPSA) is 26.0 Å². The molecular weight excluding hydrogens is 178 g/mol. The van der Waals surface area contributed by atoms with Crippen molar-refractivity contribution in [3.8, 4) is 0 Å². The summed E-state index contributed by atoms with van der Waals surface area (Å²) in [6, 6.07) is 0. The van der Waals surface area contributed by atoms with Crippen molar-refractivity contribution in [3.63, 3.8) is 0 Å². The molecule has 0 bridgehead atoms. The van der Waals surface area contributed by atoms with Crippen molar-refractivity contribution in [1.29, 1.82) is 0 Å². The third-order valence-electron chi connectivity index (χ3n) is 3.57. The largest absolute Gasteiger partial charge is 0.325 e. The Morgan fingerprint density at radius 3 is 2.62 bits per heavy atom. The SMILES string of the molecule is NC1(CC2CCSC2)CCCCC1. The molecule has 2 rings (SSSR count). The minimum atomic E-state index is 0.230. The van der Waals surface area contributed by atoms with Crippen molar-refractivity contribution in [2.75, 3.05) is 11.5 Å². The maximum absolute atomic E-state index is 6.43. The molecule has 2 heteroatoms. The predicted molar refractivity (Wildman–Crippen MR) is 60.1 cm³/mol. The summed E-state index contributed by atoms with van der Waals surface area (Å²) in [6.45, 7) is 0. The molecule has 1 aliphatic heterocycles. The highest BCUT2D eigenvalue weighted by molar-refractivity contribution is 7.99. The van der Waals surface area contributed by atoms with Crippen LogP contribution < -0.4 is 5.73 Å². The second kappa shape index (κ2) is 4.22. The van der Waals surface area contributed by atoms with E-state index >= 15 is 0 Å². The van der Waals surface area contributed by atoms with Gasteiger partial charge in [-0.1, -0.05) is 19.3 Å². The number of rotatable bonds is 2. The average Bonchev–Trinajstić information content (AvgIpc) is 2.57. The molecule has 1 aliphatic carbocycles. The lowest BCUT2D eigenvalue weighted by Crippen LogP contribution is -2.43. The summed E-state index contributed by atoms with van der Waals surface area (Å²) in [5.41, 5.74) is 6.66. The van der Waals surface area contributed by atoms with Crippen molar-refractivity contribution < 1.29 is 0 Å². The van der Waals surface area contributed by atoms with Crippen LogP contribution in [0.5, 0.6) is 0 Å². The van der Waals surface area contributed by atoms with Gasteiger partial charge in [-0.3, -0.25) is 0 Å². The highest BCUT2D eigenvalue weighted by Crippen LogP contribution is 2.36. The van der Waals surface area contributed by atoms with Crippen LogP contribution in [-0.4, -0.2) is 17.0 Å². The van der Waals surface area contributed by atoms with Gasteiger partial charge in [0.05, 0.1) is 0 Å². The fraction of sp³-hybridized carbons (Fsp3) is 1.00. The Hall–Kier alpha value is 0.310. The Morgan fingerprint density at radius 2 is 2.00 bits per heavy atom. The summed E-state index contributed by atoms with van der Waals surface area (Å²) >= 11 is 2.11. The zero-order valence-corrected chi connectivity index (χ0v) is 9.24. The van der Waals surface area contributed by atoms with Gasteiger partial charge in [-0.2, -0.15) is 11.8 Å². The van der Waals surface area contributed by atoms with E-state index in [1.807, 2.05) is 0 Å². The molecule has 0 radical (unpaired) electrons. The molecule has 2 aliphatic rings. The predicted octanol–water partition coefficient (Wildman–Crippen LogP) is 2.79. The highest BCUT2D eigenvalue weighted by atomic mass is 32.2.